The number of nitrogens with one attached hydrogen (secondary N) is 1. The summed E-state index contributed by atoms with van der Waals surface area (Å²) in [6.07, 6.45) is 2.00. The summed E-state index contributed by atoms with van der Waals surface area (Å²) in [5.41, 5.74) is 5.29. The third kappa shape index (κ3) is 5.93. The predicted octanol–water partition coefficient (Wildman–Crippen LogP) is 0.183. The molecule has 1 atom stereocenters. The van der Waals surface area contributed by atoms with E-state index >= 15 is 0 Å². The molecule has 0 aliphatic carbocycles. The van der Waals surface area contributed by atoms with E-state index in [9.17, 15) is 17.0 Å². The van der Waals surface area contributed by atoms with Crippen molar-refractivity contribution in [1.29, 1.82) is 0 Å². The van der Waals surface area contributed by atoms with Gasteiger partial charge >= 0.3 is 0 Å². The minimum atomic E-state index is -3.78. The first kappa shape index (κ1) is 17.8. The molecule has 0 aliphatic rings. The summed E-state index contributed by atoms with van der Waals surface area (Å²) in [4.78, 5) is -0.170. The highest BCUT2D eigenvalue weighted by Gasteiger charge is 2.15. The van der Waals surface area contributed by atoms with Gasteiger partial charge in [-0.05, 0) is 24.6 Å². The Hall–Kier alpha value is -1.27. The number of rotatable bonds is 6. The maximum Gasteiger partial charge on any atom is 0.240 e. The average molecular weight is 332 g/mol. The number of nitrogens with two attached hydrogens (primary N) is 1. The molecular formula is C13H17FN2O3S2. The molecular weight excluding hydrogens is 315 g/mol. The zero-order valence-corrected chi connectivity index (χ0v) is 13.2. The Morgan fingerprint density at radius 3 is 2.71 bits per heavy atom. The Balaban J connectivity index is 2.79. The van der Waals surface area contributed by atoms with Gasteiger partial charge in [0.25, 0.3) is 0 Å². The van der Waals surface area contributed by atoms with Crippen LogP contribution in [0, 0.1) is 17.7 Å². The summed E-state index contributed by atoms with van der Waals surface area (Å²) < 4.78 is 50.8. The van der Waals surface area contributed by atoms with E-state index < -0.39 is 26.6 Å². The van der Waals surface area contributed by atoms with Gasteiger partial charge in [0.15, 0.2) is 0 Å². The molecule has 0 spiro atoms. The van der Waals surface area contributed by atoms with Crippen LogP contribution in [0.15, 0.2) is 23.1 Å². The van der Waals surface area contributed by atoms with Crippen LogP contribution < -0.4 is 10.5 Å². The number of hydrogen-bond acceptors (Lipinski definition) is 4. The van der Waals surface area contributed by atoms with Gasteiger partial charge in [-0.15, -0.1) is 0 Å². The van der Waals surface area contributed by atoms with Crippen LogP contribution in [0.2, 0.25) is 0 Å². The lowest BCUT2D eigenvalue weighted by Gasteiger charge is -2.07. The zero-order valence-electron chi connectivity index (χ0n) is 11.6. The van der Waals surface area contributed by atoms with E-state index in [0.29, 0.717) is 12.2 Å². The minimum Gasteiger partial charge on any atom is -0.320 e. The van der Waals surface area contributed by atoms with E-state index in [0.717, 1.165) is 6.07 Å². The van der Waals surface area contributed by atoms with Gasteiger partial charge in [-0.25, -0.2) is 17.5 Å². The molecule has 0 amide bonds. The first-order valence-corrected chi connectivity index (χ1v) is 9.36. The van der Waals surface area contributed by atoms with Crippen molar-refractivity contribution >= 4 is 20.8 Å². The second kappa shape index (κ2) is 8.24. The molecule has 0 saturated carbocycles. The van der Waals surface area contributed by atoms with Crippen molar-refractivity contribution in [3.05, 3.63) is 29.6 Å². The highest BCUT2D eigenvalue weighted by molar-refractivity contribution is 7.89. The second-order valence-corrected chi connectivity index (χ2v) is 7.50. The SMILES string of the molecule is CS(=O)CCCNS(=O)(=O)c1ccc(C#CCN)c(F)c1. The van der Waals surface area contributed by atoms with Crippen molar-refractivity contribution in [2.75, 3.05) is 25.1 Å². The minimum absolute atomic E-state index is 0.0971. The lowest BCUT2D eigenvalue weighted by atomic mass is 10.2. The molecule has 0 heterocycles. The molecule has 5 nitrogen and oxygen atoms in total. The average Bonchev–Trinajstić information content (AvgIpc) is 2.42. The van der Waals surface area contributed by atoms with E-state index in [2.05, 4.69) is 16.6 Å². The van der Waals surface area contributed by atoms with Crippen LogP contribution in [-0.4, -0.2) is 37.7 Å². The molecule has 0 saturated heterocycles. The number of hydrogen-bond donors (Lipinski definition) is 2. The molecule has 0 fully saturated rings. The summed E-state index contributed by atoms with van der Waals surface area (Å²) >= 11 is 0. The lowest BCUT2D eigenvalue weighted by molar-refractivity contribution is 0.576. The number of sulfonamides is 1. The van der Waals surface area contributed by atoms with Gasteiger partial charge in [-0.1, -0.05) is 11.8 Å². The third-order valence-corrected chi connectivity index (χ3v) is 4.80. The predicted molar refractivity (Wildman–Crippen MR) is 81.1 cm³/mol. The van der Waals surface area contributed by atoms with Crippen molar-refractivity contribution in [2.45, 2.75) is 11.3 Å². The van der Waals surface area contributed by atoms with Crippen molar-refractivity contribution in [3.8, 4) is 11.8 Å². The Labute approximate surface area is 126 Å². The standard InChI is InChI=1S/C13H17FN2O3S2/c1-20(17)9-3-8-16-21(18,19)12-6-5-11(4-2-7-15)13(14)10-12/h5-6,10,16H,3,7-9,15H2,1H3. The van der Waals surface area contributed by atoms with Gasteiger partial charge in [0, 0.05) is 29.4 Å². The van der Waals surface area contributed by atoms with Gasteiger partial charge in [0.2, 0.25) is 10.0 Å². The molecule has 0 bridgehead atoms. The fourth-order valence-electron chi connectivity index (χ4n) is 1.48. The molecule has 1 rings (SSSR count). The van der Waals surface area contributed by atoms with Gasteiger partial charge in [-0.2, -0.15) is 0 Å². The molecule has 1 aromatic rings. The van der Waals surface area contributed by atoms with Crippen molar-refractivity contribution < 1.29 is 17.0 Å². The van der Waals surface area contributed by atoms with Crippen LogP contribution in [-0.2, 0) is 20.8 Å². The Morgan fingerprint density at radius 2 is 2.14 bits per heavy atom. The Bertz CT molecular complexity index is 678. The smallest absolute Gasteiger partial charge is 0.240 e. The summed E-state index contributed by atoms with van der Waals surface area (Å²) in [7, 11) is -4.75. The van der Waals surface area contributed by atoms with Crippen molar-refractivity contribution in [3.63, 3.8) is 0 Å². The quantitative estimate of drug-likeness (QED) is 0.575. The van der Waals surface area contributed by atoms with Crippen LogP contribution in [0.3, 0.4) is 0 Å². The van der Waals surface area contributed by atoms with Crippen molar-refractivity contribution in [2.24, 2.45) is 5.73 Å². The van der Waals surface area contributed by atoms with Crippen LogP contribution in [0.25, 0.3) is 0 Å². The Kier molecular flexibility index (Phi) is 6.98. The molecule has 8 heteroatoms. The van der Waals surface area contributed by atoms with Crippen molar-refractivity contribution in [1.82, 2.24) is 4.72 Å². The number of benzene rings is 1. The van der Waals surface area contributed by atoms with Gasteiger partial charge in [-0.3, -0.25) is 4.21 Å². The summed E-state index contributed by atoms with van der Waals surface area (Å²) in [6.45, 7) is 0.248. The van der Waals surface area contributed by atoms with Crippen LogP contribution in [0.1, 0.15) is 12.0 Å². The highest BCUT2D eigenvalue weighted by atomic mass is 32.2. The van der Waals surface area contributed by atoms with Crippen LogP contribution in [0.4, 0.5) is 4.39 Å². The van der Waals surface area contributed by atoms with Crippen LogP contribution >= 0.6 is 0 Å². The molecule has 0 aromatic heterocycles. The molecule has 0 aliphatic heterocycles. The van der Waals surface area contributed by atoms with Gasteiger partial charge < -0.3 is 5.73 Å². The topological polar surface area (TPSA) is 89.3 Å². The monoisotopic (exact) mass is 332 g/mol. The van der Waals surface area contributed by atoms with E-state index in [4.69, 9.17) is 5.73 Å². The number of halogens is 1. The summed E-state index contributed by atoms with van der Waals surface area (Å²) in [5.74, 6) is 4.71. The molecule has 3 N–H and O–H groups in total. The summed E-state index contributed by atoms with van der Waals surface area (Å²) in [5, 5.41) is 0. The first-order chi connectivity index (χ1) is 9.86. The van der Waals surface area contributed by atoms with E-state index in [1.807, 2.05) is 0 Å². The normalized spacial score (nSPS) is 12.5. The fourth-order valence-corrected chi connectivity index (χ4v) is 3.11. The highest BCUT2D eigenvalue weighted by Crippen LogP contribution is 2.14. The zero-order chi connectivity index (χ0) is 15.9. The molecule has 1 unspecified atom stereocenters. The maximum atomic E-state index is 13.7. The largest absolute Gasteiger partial charge is 0.320 e. The molecule has 0 radical (unpaired) electrons. The fraction of sp³-hybridized carbons (Fsp3) is 0.385. The summed E-state index contributed by atoms with van der Waals surface area (Å²) in [6, 6.07) is 3.50. The van der Waals surface area contributed by atoms with Gasteiger partial charge in [0.05, 0.1) is 17.0 Å². The van der Waals surface area contributed by atoms with E-state index in [1.165, 1.54) is 12.1 Å². The lowest BCUT2D eigenvalue weighted by Crippen LogP contribution is -2.25. The van der Waals surface area contributed by atoms with Crippen LogP contribution in [0.5, 0.6) is 0 Å². The van der Waals surface area contributed by atoms with E-state index in [-0.39, 0.29) is 23.5 Å². The molecule has 1 aromatic carbocycles. The van der Waals surface area contributed by atoms with Gasteiger partial charge in [0.1, 0.15) is 5.82 Å². The third-order valence-electron chi connectivity index (χ3n) is 2.48. The molecule has 21 heavy (non-hydrogen) atoms. The maximum absolute atomic E-state index is 13.7. The molecule has 116 valence electrons. The van der Waals surface area contributed by atoms with E-state index in [1.54, 1.807) is 6.26 Å². The first-order valence-electron chi connectivity index (χ1n) is 6.15. The second-order valence-electron chi connectivity index (χ2n) is 4.18. The Morgan fingerprint density at radius 1 is 1.43 bits per heavy atom.